The summed E-state index contributed by atoms with van der Waals surface area (Å²) in [6.07, 6.45) is 1.23. The van der Waals surface area contributed by atoms with Gasteiger partial charge in [-0.25, -0.2) is 0 Å². The van der Waals surface area contributed by atoms with Gasteiger partial charge in [0.15, 0.2) is 5.17 Å². The molecule has 1 aliphatic heterocycles. The molecule has 0 radical (unpaired) electrons. The average Bonchev–Trinajstić information content (AvgIpc) is 2.27. The lowest BCUT2D eigenvalue weighted by atomic mass is 10.1. The van der Waals surface area contributed by atoms with E-state index in [1.54, 1.807) is 0 Å². The molecule has 0 aromatic heterocycles. The number of rotatable bonds is 2. The summed E-state index contributed by atoms with van der Waals surface area (Å²) in [4.78, 5) is 4.61. The van der Waals surface area contributed by atoms with Crippen LogP contribution in [-0.4, -0.2) is 17.0 Å². The van der Waals surface area contributed by atoms with Crippen molar-refractivity contribution < 1.29 is 0 Å². The summed E-state index contributed by atoms with van der Waals surface area (Å²) in [6, 6.07) is 9.11. The largest absolute Gasteiger partial charge is 0.362 e. The van der Waals surface area contributed by atoms with Gasteiger partial charge in [0.1, 0.15) is 0 Å². The van der Waals surface area contributed by atoms with Crippen molar-refractivity contribution in [2.75, 3.05) is 5.75 Å². The van der Waals surface area contributed by atoms with Gasteiger partial charge in [-0.2, -0.15) is 0 Å². The van der Waals surface area contributed by atoms with E-state index in [0.717, 1.165) is 11.7 Å². The minimum absolute atomic E-state index is 0.567. The Balaban J connectivity index is 1.97. The molecular formula is C13H18N2S. The Bertz CT molecular complexity index is 387. The lowest BCUT2D eigenvalue weighted by Crippen LogP contribution is -2.35. The molecule has 0 spiro atoms. The van der Waals surface area contributed by atoms with Crippen LogP contribution in [0, 0.1) is 6.92 Å². The number of hydrogen-bond acceptors (Lipinski definition) is 2. The van der Waals surface area contributed by atoms with Gasteiger partial charge in [-0.05, 0) is 25.8 Å². The first-order chi connectivity index (χ1) is 7.74. The maximum atomic E-state index is 4.61. The second-order valence-corrected chi connectivity index (χ2v) is 5.38. The maximum Gasteiger partial charge on any atom is 0.157 e. The van der Waals surface area contributed by atoms with E-state index in [-0.39, 0.29) is 0 Å². The standard InChI is InChI=1S/C13H18N2S/c1-10-4-3-5-12(8-10)9-14-13-15-11(2)6-7-16-13/h3-5,8,11H,6-7,9H2,1-2H3,(H,14,15). The predicted molar refractivity (Wildman–Crippen MR) is 72.0 cm³/mol. The second kappa shape index (κ2) is 5.39. The molecule has 1 atom stereocenters. The Morgan fingerprint density at radius 1 is 1.50 bits per heavy atom. The van der Waals surface area contributed by atoms with Gasteiger partial charge >= 0.3 is 0 Å². The Hall–Kier alpha value is -0.960. The SMILES string of the molecule is Cc1cccc(CN=C2NC(C)CCS2)c1. The molecule has 1 aromatic rings. The number of aryl methyl sites for hydroxylation is 1. The van der Waals surface area contributed by atoms with Crippen molar-refractivity contribution >= 4 is 16.9 Å². The van der Waals surface area contributed by atoms with Crippen LogP contribution in [0.15, 0.2) is 29.3 Å². The third-order valence-electron chi connectivity index (χ3n) is 2.65. The molecule has 2 nitrogen and oxygen atoms in total. The molecule has 0 bridgehead atoms. The van der Waals surface area contributed by atoms with Gasteiger partial charge in [0.05, 0.1) is 6.54 Å². The van der Waals surface area contributed by atoms with Crippen LogP contribution in [0.5, 0.6) is 0 Å². The average molecular weight is 234 g/mol. The number of aliphatic imine (C=N–C) groups is 1. The van der Waals surface area contributed by atoms with Crippen molar-refractivity contribution in [3.05, 3.63) is 35.4 Å². The van der Waals surface area contributed by atoms with Crippen LogP contribution in [0.3, 0.4) is 0 Å². The van der Waals surface area contributed by atoms with Gasteiger partial charge in [0.2, 0.25) is 0 Å². The molecular weight excluding hydrogens is 216 g/mol. The Morgan fingerprint density at radius 2 is 2.38 bits per heavy atom. The summed E-state index contributed by atoms with van der Waals surface area (Å²) >= 11 is 1.83. The van der Waals surface area contributed by atoms with Crippen LogP contribution in [0.4, 0.5) is 0 Å². The first-order valence-corrected chi connectivity index (χ1v) is 6.72. The van der Waals surface area contributed by atoms with E-state index in [1.165, 1.54) is 23.3 Å². The van der Waals surface area contributed by atoms with E-state index in [2.05, 4.69) is 48.4 Å². The molecule has 1 fully saturated rings. The summed E-state index contributed by atoms with van der Waals surface area (Å²) in [5.74, 6) is 1.18. The second-order valence-electron chi connectivity index (χ2n) is 4.29. The fourth-order valence-corrected chi connectivity index (χ4v) is 2.83. The summed E-state index contributed by atoms with van der Waals surface area (Å²) in [7, 11) is 0. The van der Waals surface area contributed by atoms with Crippen molar-refractivity contribution in [1.82, 2.24) is 5.32 Å². The minimum Gasteiger partial charge on any atom is -0.362 e. The van der Waals surface area contributed by atoms with Crippen molar-refractivity contribution in [2.45, 2.75) is 32.9 Å². The van der Waals surface area contributed by atoms with Crippen molar-refractivity contribution in [2.24, 2.45) is 4.99 Å². The van der Waals surface area contributed by atoms with Gasteiger partial charge in [-0.15, -0.1) is 0 Å². The Kier molecular flexibility index (Phi) is 3.88. The van der Waals surface area contributed by atoms with E-state index < -0.39 is 0 Å². The van der Waals surface area contributed by atoms with Crippen molar-refractivity contribution in [3.63, 3.8) is 0 Å². The van der Waals surface area contributed by atoms with E-state index in [0.29, 0.717) is 6.04 Å². The summed E-state index contributed by atoms with van der Waals surface area (Å²) in [5.41, 5.74) is 2.59. The smallest absolute Gasteiger partial charge is 0.157 e. The zero-order valence-electron chi connectivity index (χ0n) is 9.86. The number of nitrogens with one attached hydrogen (secondary N) is 1. The molecule has 3 heteroatoms. The number of benzene rings is 1. The quantitative estimate of drug-likeness (QED) is 0.850. The van der Waals surface area contributed by atoms with Gasteiger partial charge < -0.3 is 5.32 Å². The normalized spacial score (nSPS) is 23.1. The van der Waals surface area contributed by atoms with Gasteiger partial charge in [-0.3, -0.25) is 4.99 Å². The molecule has 1 unspecified atom stereocenters. The fraction of sp³-hybridized carbons (Fsp3) is 0.462. The summed E-state index contributed by atoms with van der Waals surface area (Å²) in [6.45, 7) is 5.11. The zero-order valence-corrected chi connectivity index (χ0v) is 10.7. The van der Waals surface area contributed by atoms with Crippen LogP contribution < -0.4 is 5.32 Å². The molecule has 1 aliphatic rings. The third kappa shape index (κ3) is 3.27. The highest BCUT2D eigenvalue weighted by Gasteiger charge is 2.12. The van der Waals surface area contributed by atoms with Crippen LogP contribution in [0.25, 0.3) is 0 Å². The van der Waals surface area contributed by atoms with Gasteiger partial charge in [-0.1, -0.05) is 41.6 Å². The molecule has 0 saturated carbocycles. The fourth-order valence-electron chi connectivity index (χ4n) is 1.72. The third-order valence-corrected chi connectivity index (χ3v) is 3.61. The van der Waals surface area contributed by atoms with Gasteiger partial charge in [0, 0.05) is 11.8 Å². The van der Waals surface area contributed by atoms with E-state index >= 15 is 0 Å². The molecule has 0 amide bonds. The highest BCUT2D eigenvalue weighted by Crippen LogP contribution is 2.14. The molecule has 1 heterocycles. The summed E-state index contributed by atoms with van der Waals surface area (Å²) in [5, 5.41) is 4.51. The minimum atomic E-state index is 0.567. The number of nitrogens with zero attached hydrogens (tertiary/aromatic N) is 1. The van der Waals surface area contributed by atoms with Crippen LogP contribution in [0.1, 0.15) is 24.5 Å². The first-order valence-electron chi connectivity index (χ1n) is 5.73. The zero-order chi connectivity index (χ0) is 11.4. The maximum absolute atomic E-state index is 4.61. The highest BCUT2D eigenvalue weighted by atomic mass is 32.2. The van der Waals surface area contributed by atoms with Crippen molar-refractivity contribution in [1.29, 1.82) is 0 Å². The van der Waals surface area contributed by atoms with E-state index in [1.807, 2.05) is 11.8 Å². The molecule has 16 heavy (non-hydrogen) atoms. The molecule has 86 valence electrons. The van der Waals surface area contributed by atoms with Crippen LogP contribution >= 0.6 is 11.8 Å². The Morgan fingerprint density at radius 3 is 3.12 bits per heavy atom. The number of thioether (sulfide) groups is 1. The van der Waals surface area contributed by atoms with Gasteiger partial charge in [0.25, 0.3) is 0 Å². The predicted octanol–water partition coefficient (Wildman–Crippen LogP) is 2.97. The van der Waals surface area contributed by atoms with Crippen molar-refractivity contribution in [3.8, 4) is 0 Å². The number of hydrogen-bond donors (Lipinski definition) is 1. The molecule has 1 aromatic carbocycles. The first kappa shape index (κ1) is 11.5. The lowest BCUT2D eigenvalue weighted by molar-refractivity contribution is 0.642. The number of amidine groups is 1. The topological polar surface area (TPSA) is 24.4 Å². The molecule has 0 aliphatic carbocycles. The molecule has 1 saturated heterocycles. The van der Waals surface area contributed by atoms with E-state index in [4.69, 9.17) is 0 Å². The molecule has 2 rings (SSSR count). The lowest BCUT2D eigenvalue weighted by Gasteiger charge is -2.21. The van der Waals surface area contributed by atoms with Crippen LogP contribution in [0.2, 0.25) is 0 Å². The highest BCUT2D eigenvalue weighted by molar-refractivity contribution is 8.13. The monoisotopic (exact) mass is 234 g/mol. The molecule has 1 N–H and O–H groups in total. The van der Waals surface area contributed by atoms with E-state index in [9.17, 15) is 0 Å². The summed E-state index contributed by atoms with van der Waals surface area (Å²) < 4.78 is 0. The Labute approximate surface area is 102 Å². The van der Waals surface area contributed by atoms with Crippen LogP contribution in [-0.2, 0) is 6.54 Å².